The number of hydrogen-bond donors (Lipinski definition) is 1. The van der Waals surface area contributed by atoms with Crippen molar-refractivity contribution >= 4 is 11.8 Å². The van der Waals surface area contributed by atoms with Crippen molar-refractivity contribution in [1.82, 2.24) is 0 Å². The van der Waals surface area contributed by atoms with Gasteiger partial charge in [0.1, 0.15) is 11.9 Å². The van der Waals surface area contributed by atoms with E-state index in [2.05, 4.69) is 0 Å². The molecule has 1 aliphatic carbocycles. The maximum atomic E-state index is 9.92. The van der Waals surface area contributed by atoms with Crippen molar-refractivity contribution in [3.05, 3.63) is 11.8 Å². The Labute approximate surface area is 96.1 Å². The van der Waals surface area contributed by atoms with Gasteiger partial charge >= 0.3 is 0 Å². The summed E-state index contributed by atoms with van der Waals surface area (Å²) in [6, 6.07) is 0. The molecular formula is C12H20O2S. The first kappa shape index (κ1) is 11.3. The van der Waals surface area contributed by atoms with E-state index in [0.29, 0.717) is 0 Å². The Hall–Kier alpha value is -0.150. The summed E-state index contributed by atoms with van der Waals surface area (Å²) in [4.78, 5) is 0. The molecule has 3 heteroatoms. The van der Waals surface area contributed by atoms with Gasteiger partial charge in [-0.2, -0.15) is 11.8 Å². The van der Waals surface area contributed by atoms with Gasteiger partial charge in [0.15, 0.2) is 0 Å². The standard InChI is InChI=1S/C12H20O2S/c13-11(12-7-3-4-8-14-12)9-15-10-5-1-2-6-10/h7,10-11,13H,1-6,8-9H2. The maximum Gasteiger partial charge on any atom is 0.121 e. The maximum absolute atomic E-state index is 9.92. The lowest BCUT2D eigenvalue weighted by Gasteiger charge is -2.20. The van der Waals surface area contributed by atoms with E-state index in [1.54, 1.807) is 0 Å². The third-order valence-electron chi connectivity index (χ3n) is 3.08. The molecule has 0 bridgehead atoms. The summed E-state index contributed by atoms with van der Waals surface area (Å²) in [5.74, 6) is 1.61. The Bertz CT molecular complexity index is 222. The minimum absolute atomic E-state index is 0.379. The molecule has 1 fully saturated rings. The summed E-state index contributed by atoms with van der Waals surface area (Å²) in [6.45, 7) is 0.775. The Morgan fingerprint density at radius 1 is 1.40 bits per heavy atom. The summed E-state index contributed by atoms with van der Waals surface area (Å²) in [5.41, 5.74) is 0. The van der Waals surface area contributed by atoms with Crippen LogP contribution >= 0.6 is 11.8 Å². The van der Waals surface area contributed by atoms with E-state index >= 15 is 0 Å². The summed E-state index contributed by atoms with van der Waals surface area (Å²) < 4.78 is 5.45. The van der Waals surface area contributed by atoms with Gasteiger partial charge in [-0.15, -0.1) is 0 Å². The van der Waals surface area contributed by atoms with Crippen molar-refractivity contribution < 1.29 is 9.84 Å². The molecule has 1 saturated carbocycles. The molecule has 1 unspecified atom stereocenters. The van der Waals surface area contributed by atoms with Gasteiger partial charge in [0.05, 0.1) is 6.61 Å². The van der Waals surface area contributed by atoms with Crippen LogP contribution in [0.25, 0.3) is 0 Å². The van der Waals surface area contributed by atoms with Gasteiger partial charge in [-0.1, -0.05) is 12.8 Å². The third kappa shape index (κ3) is 3.42. The molecule has 0 spiro atoms. The first-order valence-electron chi connectivity index (χ1n) is 5.99. The lowest BCUT2D eigenvalue weighted by molar-refractivity contribution is 0.104. The molecule has 86 valence electrons. The van der Waals surface area contributed by atoms with Gasteiger partial charge in [-0.3, -0.25) is 0 Å². The number of thioether (sulfide) groups is 1. The number of hydrogen-bond acceptors (Lipinski definition) is 3. The van der Waals surface area contributed by atoms with Crippen LogP contribution in [0, 0.1) is 0 Å². The second kappa shape index (κ2) is 5.80. The molecule has 0 aromatic heterocycles. The number of aliphatic hydroxyl groups is 1. The number of ether oxygens (including phenoxy) is 1. The fourth-order valence-corrected chi connectivity index (χ4v) is 3.46. The predicted molar refractivity (Wildman–Crippen MR) is 64.0 cm³/mol. The fourth-order valence-electron chi connectivity index (χ4n) is 2.17. The first-order chi connectivity index (χ1) is 7.36. The number of allylic oxidation sites excluding steroid dienone is 1. The van der Waals surface area contributed by atoms with Crippen LogP contribution in [0.3, 0.4) is 0 Å². The molecule has 1 heterocycles. The van der Waals surface area contributed by atoms with E-state index < -0.39 is 0 Å². The normalized spacial score (nSPS) is 24.7. The minimum atomic E-state index is -0.379. The summed E-state index contributed by atoms with van der Waals surface area (Å²) in [5, 5.41) is 10.7. The fraction of sp³-hybridized carbons (Fsp3) is 0.833. The zero-order valence-corrected chi connectivity index (χ0v) is 9.97. The van der Waals surface area contributed by atoms with Gasteiger partial charge in [0, 0.05) is 11.0 Å². The summed E-state index contributed by atoms with van der Waals surface area (Å²) >= 11 is 1.91. The summed E-state index contributed by atoms with van der Waals surface area (Å²) in [7, 11) is 0. The molecule has 0 aromatic carbocycles. The van der Waals surface area contributed by atoms with E-state index in [1.807, 2.05) is 17.8 Å². The molecule has 0 saturated heterocycles. The van der Waals surface area contributed by atoms with Crippen LogP contribution in [-0.4, -0.2) is 28.8 Å². The molecule has 2 rings (SSSR count). The van der Waals surface area contributed by atoms with Crippen LogP contribution in [-0.2, 0) is 4.74 Å². The Balaban J connectivity index is 1.71. The molecule has 15 heavy (non-hydrogen) atoms. The van der Waals surface area contributed by atoms with Crippen LogP contribution in [0.5, 0.6) is 0 Å². The average Bonchev–Trinajstić information content (AvgIpc) is 2.80. The van der Waals surface area contributed by atoms with Crippen LogP contribution in [0.2, 0.25) is 0 Å². The van der Waals surface area contributed by atoms with Crippen LogP contribution in [0.15, 0.2) is 11.8 Å². The molecule has 2 aliphatic rings. The van der Waals surface area contributed by atoms with Gasteiger partial charge < -0.3 is 9.84 Å². The molecule has 1 aliphatic heterocycles. The summed E-state index contributed by atoms with van der Waals surface area (Å²) in [6.07, 6.45) is 9.21. The third-order valence-corrected chi connectivity index (χ3v) is 4.53. The largest absolute Gasteiger partial charge is 0.495 e. The minimum Gasteiger partial charge on any atom is -0.495 e. The van der Waals surface area contributed by atoms with Crippen LogP contribution < -0.4 is 0 Å². The van der Waals surface area contributed by atoms with E-state index in [0.717, 1.165) is 36.2 Å². The van der Waals surface area contributed by atoms with Gasteiger partial charge in [-0.25, -0.2) is 0 Å². The molecule has 0 aromatic rings. The van der Waals surface area contributed by atoms with Gasteiger partial charge in [0.25, 0.3) is 0 Å². The Morgan fingerprint density at radius 3 is 2.87 bits per heavy atom. The highest BCUT2D eigenvalue weighted by Crippen LogP contribution is 2.30. The number of aliphatic hydroxyl groups excluding tert-OH is 1. The predicted octanol–water partition coefficient (Wildman–Crippen LogP) is 2.72. The van der Waals surface area contributed by atoms with Crippen molar-refractivity contribution in [2.75, 3.05) is 12.4 Å². The highest BCUT2D eigenvalue weighted by molar-refractivity contribution is 7.99. The molecule has 0 radical (unpaired) electrons. The average molecular weight is 228 g/mol. The van der Waals surface area contributed by atoms with Gasteiger partial charge in [-0.05, 0) is 31.8 Å². The van der Waals surface area contributed by atoms with Crippen molar-refractivity contribution in [2.24, 2.45) is 0 Å². The van der Waals surface area contributed by atoms with E-state index in [4.69, 9.17) is 4.74 Å². The highest BCUT2D eigenvalue weighted by Gasteiger charge is 2.20. The molecular weight excluding hydrogens is 208 g/mol. The van der Waals surface area contributed by atoms with Crippen molar-refractivity contribution in [3.63, 3.8) is 0 Å². The first-order valence-corrected chi connectivity index (χ1v) is 7.03. The molecule has 0 amide bonds. The highest BCUT2D eigenvalue weighted by atomic mass is 32.2. The van der Waals surface area contributed by atoms with Crippen molar-refractivity contribution in [3.8, 4) is 0 Å². The molecule has 1 atom stereocenters. The monoisotopic (exact) mass is 228 g/mol. The zero-order valence-electron chi connectivity index (χ0n) is 9.15. The SMILES string of the molecule is OC(CSC1CCCC1)C1=CCCCO1. The van der Waals surface area contributed by atoms with Crippen LogP contribution in [0.4, 0.5) is 0 Å². The Kier molecular flexibility index (Phi) is 4.39. The smallest absolute Gasteiger partial charge is 0.121 e. The van der Waals surface area contributed by atoms with E-state index in [1.165, 1.54) is 25.7 Å². The van der Waals surface area contributed by atoms with Gasteiger partial charge in [0.2, 0.25) is 0 Å². The number of rotatable bonds is 4. The lowest BCUT2D eigenvalue weighted by atomic mass is 10.2. The van der Waals surface area contributed by atoms with E-state index in [-0.39, 0.29) is 6.10 Å². The second-order valence-electron chi connectivity index (χ2n) is 4.35. The topological polar surface area (TPSA) is 29.5 Å². The zero-order chi connectivity index (χ0) is 10.5. The van der Waals surface area contributed by atoms with Crippen molar-refractivity contribution in [2.45, 2.75) is 49.9 Å². The molecule has 2 nitrogen and oxygen atoms in total. The van der Waals surface area contributed by atoms with E-state index in [9.17, 15) is 5.11 Å². The quantitative estimate of drug-likeness (QED) is 0.802. The van der Waals surface area contributed by atoms with Crippen LogP contribution in [0.1, 0.15) is 38.5 Å². The Morgan fingerprint density at radius 2 is 2.20 bits per heavy atom. The lowest BCUT2D eigenvalue weighted by Crippen LogP contribution is -2.19. The molecule has 1 N–H and O–H groups in total. The second-order valence-corrected chi connectivity index (χ2v) is 5.69. The van der Waals surface area contributed by atoms with Crippen molar-refractivity contribution in [1.29, 1.82) is 0 Å².